The zero-order valence-corrected chi connectivity index (χ0v) is 8.74. The number of nitrogens with two attached hydrogens (primary N) is 1. The lowest BCUT2D eigenvalue weighted by atomic mass is 9.90. The smallest absolute Gasteiger partial charge is 0.244 e. The van der Waals surface area contributed by atoms with Gasteiger partial charge in [-0.05, 0) is 12.3 Å². The summed E-state index contributed by atoms with van der Waals surface area (Å²) in [5.41, 5.74) is 6.75. The summed E-state index contributed by atoms with van der Waals surface area (Å²) in [6.07, 6.45) is 5.28. The van der Waals surface area contributed by atoms with E-state index >= 15 is 0 Å². The molecule has 0 aromatic carbocycles. The predicted molar refractivity (Wildman–Crippen MR) is 53.8 cm³/mol. The second kappa shape index (κ2) is 5.70. The lowest BCUT2D eigenvalue weighted by Gasteiger charge is -2.16. The third-order valence-electron chi connectivity index (χ3n) is 3.05. The molecule has 15 heavy (non-hydrogen) atoms. The Morgan fingerprint density at radius 2 is 2.00 bits per heavy atom. The van der Waals surface area contributed by atoms with Crippen LogP contribution < -0.4 is 11.2 Å². The van der Waals surface area contributed by atoms with Gasteiger partial charge >= 0.3 is 0 Å². The van der Waals surface area contributed by atoms with Gasteiger partial charge in [0.15, 0.2) is 0 Å². The van der Waals surface area contributed by atoms with Crippen molar-refractivity contribution in [1.82, 2.24) is 5.48 Å². The van der Waals surface area contributed by atoms with Gasteiger partial charge in [-0.25, -0.2) is 5.48 Å². The van der Waals surface area contributed by atoms with Crippen molar-refractivity contribution < 1.29 is 14.8 Å². The number of carbonyl (C=O) groups excluding carboxylic acids is 2. The topological polar surface area (TPSA) is 92.4 Å². The van der Waals surface area contributed by atoms with E-state index in [0.29, 0.717) is 12.3 Å². The third kappa shape index (κ3) is 3.87. The van der Waals surface area contributed by atoms with E-state index in [-0.39, 0.29) is 6.42 Å². The predicted octanol–water partition coefficient (Wildman–Crippen LogP) is 0.564. The van der Waals surface area contributed by atoms with Crippen molar-refractivity contribution in [3.05, 3.63) is 0 Å². The van der Waals surface area contributed by atoms with E-state index < -0.39 is 17.7 Å². The molecule has 0 heterocycles. The van der Waals surface area contributed by atoms with Crippen LogP contribution in [0.3, 0.4) is 0 Å². The number of primary amides is 1. The Hall–Kier alpha value is -1.10. The zero-order chi connectivity index (χ0) is 11.3. The van der Waals surface area contributed by atoms with Gasteiger partial charge < -0.3 is 5.73 Å². The molecule has 1 fully saturated rings. The average Bonchev–Trinajstić information content (AvgIpc) is 2.69. The minimum Gasteiger partial charge on any atom is -0.369 e. The highest BCUT2D eigenvalue weighted by molar-refractivity contribution is 5.84. The summed E-state index contributed by atoms with van der Waals surface area (Å²) in [7, 11) is 0. The third-order valence-corrected chi connectivity index (χ3v) is 3.05. The van der Waals surface area contributed by atoms with Crippen molar-refractivity contribution in [1.29, 1.82) is 0 Å². The largest absolute Gasteiger partial charge is 0.369 e. The number of nitrogens with one attached hydrogen (secondary N) is 1. The maximum absolute atomic E-state index is 11.1. The van der Waals surface area contributed by atoms with Gasteiger partial charge in [-0.2, -0.15) is 0 Å². The molecular weight excluding hydrogens is 196 g/mol. The van der Waals surface area contributed by atoms with Crippen molar-refractivity contribution in [3.63, 3.8) is 0 Å². The van der Waals surface area contributed by atoms with Crippen LogP contribution >= 0.6 is 0 Å². The Kier molecular flexibility index (Phi) is 4.55. The first-order valence-corrected chi connectivity index (χ1v) is 5.35. The van der Waals surface area contributed by atoms with E-state index in [1.165, 1.54) is 18.3 Å². The van der Waals surface area contributed by atoms with E-state index in [4.69, 9.17) is 10.9 Å². The first kappa shape index (κ1) is 12.0. The molecule has 1 rings (SSSR count). The molecule has 0 spiro atoms. The fourth-order valence-corrected chi connectivity index (χ4v) is 2.22. The number of hydroxylamine groups is 1. The standard InChI is InChI=1S/C10H18N2O3/c11-10(14)8(6-9(13)12-15)5-7-3-1-2-4-7/h7-8,15H,1-6H2,(H2,11,14)(H,12,13)/t8-/m1/s1. The molecule has 0 radical (unpaired) electrons. The van der Waals surface area contributed by atoms with Crippen LogP contribution in [0.4, 0.5) is 0 Å². The van der Waals surface area contributed by atoms with Crippen LogP contribution in [0.5, 0.6) is 0 Å². The second-order valence-corrected chi connectivity index (χ2v) is 4.22. The minimum atomic E-state index is -0.545. The van der Waals surface area contributed by atoms with E-state index in [1.54, 1.807) is 0 Å². The van der Waals surface area contributed by atoms with Crippen LogP contribution in [-0.2, 0) is 9.59 Å². The second-order valence-electron chi connectivity index (χ2n) is 4.22. The SMILES string of the molecule is NC(=O)[C@@H](CC(=O)NO)CC1CCCC1. The molecule has 2 amide bonds. The average molecular weight is 214 g/mol. The van der Waals surface area contributed by atoms with E-state index in [2.05, 4.69) is 0 Å². The molecule has 5 nitrogen and oxygen atoms in total. The van der Waals surface area contributed by atoms with Gasteiger partial charge in [0, 0.05) is 12.3 Å². The molecule has 1 aliphatic rings. The van der Waals surface area contributed by atoms with Gasteiger partial charge in [-0.1, -0.05) is 25.7 Å². The Morgan fingerprint density at radius 1 is 1.40 bits per heavy atom. The highest BCUT2D eigenvalue weighted by Gasteiger charge is 2.25. The molecule has 0 aromatic rings. The van der Waals surface area contributed by atoms with E-state index in [9.17, 15) is 9.59 Å². The van der Waals surface area contributed by atoms with Crippen molar-refractivity contribution >= 4 is 11.8 Å². The van der Waals surface area contributed by atoms with Crippen LogP contribution in [0.15, 0.2) is 0 Å². The molecule has 0 aliphatic heterocycles. The summed E-state index contributed by atoms with van der Waals surface area (Å²) >= 11 is 0. The molecule has 1 atom stereocenters. The Balaban J connectivity index is 2.42. The molecule has 1 aliphatic carbocycles. The molecular formula is C10H18N2O3. The summed E-state index contributed by atoms with van der Waals surface area (Å²) in [5, 5.41) is 8.37. The Labute approximate surface area is 89.0 Å². The van der Waals surface area contributed by atoms with E-state index in [0.717, 1.165) is 12.8 Å². The van der Waals surface area contributed by atoms with Crippen LogP contribution in [0.25, 0.3) is 0 Å². The van der Waals surface area contributed by atoms with Crippen LogP contribution in [0, 0.1) is 11.8 Å². The monoisotopic (exact) mass is 214 g/mol. The highest BCUT2D eigenvalue weighted by Crippen LogP contribution is 2.31. The maximum atomic E-state index is 11.1. The zero-order valence-electron chi connectivity index (χ0n) is 8.74. The first-order valence-electron chi connectivity index (χ1n) is 5.35. The van der Waals surface area contributed by atoms with Gasteiger partial charge in [0.25, 0.3) is 0 Å². The molecule has 0 saturated heterocycles. The number of amides is 2. The fraction of sp³-hybridized carbons (Fsp3) is 0.800. The molecule has 4 N–H and O–H groups in total. The number of rotatable bonds is 5. The molecule has 5 heteroatoms. The number of carbonyl (C=O) groups is 2. The summed E-state index contributed by atoms with van der Waals surface area (Å²) in [6, 6.07) is 0. The first-order chi connectivity index (χ1) is 7.13. The lowest BCUT2D eigenvalue weighted by molar-refractivity contribution is -0.134. The van der Waals surface area contributed by atoms with Crippen LogP contribution in [-0.4, -0.2) is 17.0 Å². The summed E-state index contributed by atoms with van der Waals surface area (Å²) in [6.45, 7) is 0. The lowest BCUT2D eigenvalue weighted by Crippen LogP contribution is -2.31. The van der Waals surface area contributed by atoms with E-state index in [1.807, 2.05) is 0 Å². The molecule has 0 aromatic heterocycles. The highest BCUT2D eigenvalue weighted by atomic mass is 16.5. The van der Waals surface area contributed by atoms with Gasteiger partial charge in [0.1, 0.15) is 0 Å². The van der Waals surface area contributed by atoms with Crippen LogP contribution in [0.1, 0.15) is 38.5 Å². The molecule has 86 valence electrons. The Morgan fingerprint density at radius 3 is 2.47 bits per heavy atom. The summed E-state index contributed by atoms with van der Waals surface area (Å²) in [4.78, 5) is 22.0. The van der Waals surface area contributed by atoms with Crippen molar-refractivity contribution in [3.8, 4) is 0 Å². The van der Waals surface area contributed by atoms with Crippen molar-refractivity contribution in [2.45, 2.75) is 38.5 Å². The van der Waals surface area contributed by atoms with Gasteiger partial charge in [0.2, 0.25) is 11.8 Å². The summed E-state index contributed by atoms with van der Waals surface area (Å²) < 4.78 is 0. The molecule has 0 unspecified atom stereocenters. The van der Waals surface area contributed by atoms with Gasteiger partial charge in [0.05, 0.1) is 0 Å². The maximum Gasteiger partial charge on any atom is 0.244 e. The number of hydrogen-bond donors (Lipinski definition) is 3. The minimum absolute atomic E-state index is 0.0116. The Bertz CT molecular complexity index is 237. The van der Waals surface area contributed by atoms with Gasteiger partial charge in [-0.15, -0.1) is 0 Å². The molecule has 0 bridgehead atoms. The van der Waals surface area contributed by atoms with Crippen molar-refractivity contribution in [2.24, 2.45) is 17.6 Å². The molecule has 1 saturated carbocycles. The normalized spacial score (nSPS) is 18.7. The quantitative estimate of drug-likeness (QED) is 0.461. The van der Waals surface area contributed by atoms with Crippen LogP contribution in [0.2, 0.25) is 0 Å². The number of hydrogen-bond acceptors (Lipinski definition) is 3. The fourth-order valence-electron chi connectivity index (χ4n) is 2.22. The summed E-state index contributed by atoms with van der Waals surface area (Å²) in [5.74, 6) is -0.934. The van der Waals surface area contributed by atoms with Gasteiger partial charge in [-0.3, -0.25) is 14.8 Å². The van der Waals surface area contributed by atoms with Crippen molar-refractivity contribution in [2.75, 3.05) is 0 Å².